The lowest BCUT2D eigenvalue weighted by Gasteiger charge is -2.39. The summed E-state index contributed by atoms with van der Waals surface area (Å²) in [4.78, 5) is 0. The monoisotopic (exact) mass is 343 g/mol. The van der Waals surface area contributed by atoms with Crippen molar-refractivity contribution >= 4 is 0 Å². The molecule has 2 aromatic rings. The summed E-state index contributed by atoms with van der Waals surface area (Å²) < 4.78 is 6.09. The van der Waals surface area contributed by atoms with Crippen molar-refractivity contribution in [3.63, 3.8) is 0 Å². The summed E-state index contributed by atoms with van der Waals surface area (Å²) >= 11 is 0. The predicted molar refractivity (Wildman–Crippen MR) is 95.7 cm³/mol. The van der Waals surface area contributed by atoms with Crippen molar-refractivity contribution in [2.75, 3.05) is 13.1 Å². The molecule has 1 heterocycles. The molecule has 134 valence electrons. The number of phenols is 1. The topological polar surface area (TPSA) is 82.0 Å². The summed E-state index contributed by atoms with van der Waals surface area (Å²) in [7, 11) is 0. The van der Waals surface area contributed by atoms with Crippen molar-refractivity contribution < 1.29 is 20.1 Å². The van der Waals surface area contributed by atoms with Crippen molar-refractivity contribution in [2.45, 2.75) is 37.1 Å². The third-order valence-corrected chi connectivity index (χ3v) is 4.72. The summed E-state index contributed by atoms with van der Waals surface area (Å²) in [5, 5.41) is 33.7. The molecule has 5 nitrogen and oxygen atoms in total. The minimum Gasteiger partial charge on any atom is -0.508 e. The van der Waals surface area contributed by atoms with Gasteiger partial charge in [0, 0.05) is 19.4 Å². The molecule has 3 atom stereocenters. The van der Waals surface area contributed by atoms with Crippen LogP contribution < -0.4 is 10.1 Å². The van der Waals surface area contributed by atoms with E-state index in [2.05, 4.69) is 5.32 Å². The van der Waals surface area contributed by atoms with E-state index in [0.717, 1.165) is 5.56 Å². The van der Waals surface area contributed by atoms with Gasteiger partial charge in [-0.2, -0.15) is 0 Å². The summed E-state index contributed by atoms with van der Waals surface area (Å²) in [5.74, 6) is 0.810. The Kier molecular flexibility index (Phi) is 5.58. The molecule has 4 N–H and O–H groups in total. The number of nitrogens with one attached hydrogen (secondary N) is 1. The van der Waals surface area contributed by atoms with Gasteiger partial charge in [-0.25, -0.2) is 0 Å². The molecule has 3 rings (SSSR count). The lowest BCUT2D eigenvalue weighted by Crippen LogP contribution is -2.56. The Hall–Kier alpha value is -2.08. The first-order valence-corrected chi connectivity index (χ1v) is 8.66. The van der Waals surface area contributed by atoms with Gasteiger partial charge < -0.3 is 25.4 Å². The third kappa shape index (κ3) is 4.72. The first kappa shape index (κ1) is 17.7. The standard InChI is InChI=1S/C20H25NO4/c22-16-6-8-17(9-7-16)25-18(12-15-4-2-1-3-5-15)13-20(24)10-11-21-14-19(20)23/h1-9,18-19,21-24H,10-14H2/t18?,19-,20-/m1/s1. The van der Waals surface area contributed by atoms with Gasteiger partial charge in [-0.15, -0.1) is 0 Å². The number of β-amino-alcohol motifs (C(OH)–C–C–N with tert-alkyl or cyclic N) is 1. The molecule has 1 aliphatic heterocycles. The lowest BCUT2D eigenvalue weighted by atomic mass is 9.83. The second-order valence-corrected chi connectivity index (χ2v) is 6.70. The Labute approximate surface area is 147 Å². The first-order valence-electron chi connectivity index (χ1n) is 8.66. The van der Waals surface area contributed by atoms with E-state index in [0.29, 0.717) is 38.1 Å². The second kappa shape index (κ2) is 7.87. The highest BCUT2D eigenvalue weighted by atomic mass is 16.5. The SMILES string of the molecule is Oc1ccc(OC(Cc2ccccc2)C[C@]2(O)CCNC[C@H]2O)cc1. The molecule has 0 radical (unpaired) electrons. The molecule has 0 saturated carbocycles. The number of aliphatic hydroxyl groups excluding tert-OH is 1. The van der Waals surface area contributed by atoms with Crippen LogP contribution in [-0.4, -0.2) is 46.2 Å². The largest absolute Gasteiger partial charge is 0.508 e. The molecular formula is C20H25NO4. The van der Waals surface area contributed by atoms with Crippen LogP contribution in [0.2, 0.25) is 0 Å². The van der Waals surface area contributed by atoms with Crippen LogP contribution in [0, 0.1) is 0 Å². The minimum atomic E-state index is -1.17. The van der Waals surface area contributed by atoms with Crippen LogP contribution in [0.4, 0.5) is 0 Å². The van der Waals surface area contributed by atoms with Crippen molar-refractivity contribution in [3.05, 3.63) is 60.2 Å². The fourth-order valence-corrected chi connectivity index (χ4v) is 3.28. The lowest BCUT2D eigenvalue weighted by molar-refractivity contribution is -0.111. The summed E-state index contributed by atoms with van der Waals surface area (Å²) in [5.41, 5.74) is -0.0555. The summed E-state index contributed by atoms with van der Waals surface area (Å²) in [6, 6.07) is 16.5. The Bertz CT molecular complexity index is 661. The third-order valence-electron chi connectivity index (χ3n) is 4.72. The Morgan fingerprint density at radius 2 is 1.84 bits per heavy atom. The van der Waals surface area contributed by atoms with Gasteiger partial charge in [0.05, 0.1) is 11.7 Å². The molecule has 5 heteroatoms. The van der Waals surface area contributed by atoms with Gasteiger partial charge in [-0.3, -0.25) is 0 Å². The van der Waals surface area contributed by atoms with E-state index in [9.17, 15) is 15.3 Å². The Balaban J connectivity index is 1.76. The van der Waals surface area contributed by atoms with Crippen LogP contribution in [0.5, 0.6) is 11.5 Å². The normalized spacial score (nSPS) is 24.6. The fourth-order valence-electron chi connectivity index (χ4n) is 3.28. The zero-order valence-corrected chi connectivity index (χ0v) is 14.1. The van der Waals surface area contributed by atoms with E-state index >= 15 is 0 Å². The zero-order chi connectivity index (χ0) is 17.7. The minimum absolute atomic E-state index is 0.180. The van der Waals surface area contributed by atoms with Gasteiger partial charge >= 0.3 is 0 Å². The molecule has 1 aliphatic rings. The predicted octanol–water partition coefficient (Wildman–Crippen LogP) is 1.86. The van der Waals surface area contributed by atoms with Gasteiger partial charge in [0.1, 0.15) is 17.6 Å². The highest BCUT2D eigenvalue weighted by Crippen LogP contribution is 2.28. The molecule has 25 heavy (non-hydrogen) atoms. The Morgan fingerprint density at radius 1 is 1.12 bits per heavy atom. The van der Waals surface area contributed by atoms with Crippen LogP contribution in [0.15, 0.2) is 54.6 Å². The van der Waals surface area contributed by atoms with Crippen LogP contribution in [0.3, 0.4) is 0 Å². The van der Waals surface area contributed by atoms with E-state index in [1.807, 2.05) is 30.3 Å². The van der Waals surface area contributed by atoms with E-state index in [1.165, 1.54) is 0 Å². The van der Waals surface area contributed by atoms with Crippen molar-refractivity contribution in [1.82, 2.24) is 5.32 Å². The number of ether oxygens (including phenoxy) is 1. The highest BCUT2D eigenvalue weighted by Gasteiger charge is 2.40. The van der Waals surface area contributed by atoms with Crippen LogP contribution >= 0.6 is 0 Å². The average molecular weight is 343 g/mol. The van der Waals surface area contributed by atoms with Crippen LogP contribution in [0.25, 0.3) is 0 Å². The average Bonchev–Trinajstić information content (AvgIpc) is 2.60. The molecule has 1 fully saturated rings. The highest BCUT2D eigenvalue weighted by molar-refractivity contribution is 5.30. The number of piperidine rings is 1. The fraction of sp³-hybridized carbons (Fsp3) is 0.400. The number of aliphatic hydroxyl groups is 2. The van der Waals surface area contributed by atoms with Crippen molar-refractivity contribution in [3.8, 4) is 11.5 Å². The number of hydrogen-bond donors (Lipinski definition) is 4. The van der Waals surface area contributed by atoms with Gasteiger partial charge in [0.15, 0.2) is 0 Å². The molecule has 0 bridgehead atoms. The molecule has 0 amide bonds. The van der Waals surface area contributed by atoms with Crippen LogP contribution in [-0.2, 0) is 6.42 Å². The van der Waals surface area contributed by atoms with E-state index in [1.54, 1.807) is 24.3 Å². The van der Waals surface area contributed by atoms with Gasteiger partial charge in [0.25, 0.3) is 0 Å². The number of phenolic OH excluding ortho intramolecular Hbond substituents is 1. The second-order valence-electron chi connectivity index (χ2n) is 6.70. The summed E-state index contributed by atoms with van der Waals surface area (Å²) in [6.45, 7) is 1.05. The maximum Gasteiger partial charge on any atom is 0.120 e. The molecule has 0 spiro atoms. The molecule has 1 saturated heterocycles. The smallest absolute Gasteiger partial charge is 0.120 e. The number of aromatic hydroxyl groups is 1. The molecule has 2 aromatic carbocycles. The molecule has 0 aliphatic carbocycles. The van der Waals surface area contributed by atoms with Crippen molar-refractivity contribution in [1.29, 1.82) is 0 Å². The number of hydrogen-bond acceptors (Lipinski definition) is 5. The van der Waals surface area contributed by atoms with E-state index in [4.69, 9.17) is 4.74 Å². The van der Waals surface area contributed by atoms with Crippen molar-refractivity contribution in [2.24, 2.45) is 0 Å². The quantitative estimate of drug-likeness (QED) is 0.644. The molecular weight excluding hydrogens is 318 g/mol. The van der Waals surface area contributed by atoms with Crippen LogP contribution in [0.1, 0.15) is 18.4 Å². The number of benzene rings is 2. The number of rotatable bonds is 6. The summed E-state index contributed by atoms with van der Waals surface area (Å²) in [6.07, 6.45) is 0.349. The Morgan fingerprint density at radius 3 is 2.52 bits per heavy atom. The van der Waals surface area contributed by atoms with Gasteiger partial charge in [0.2, 0.25) is 0 Å². The van der Waals surface area contributed by atoms with Gasteiger partial charge in [-0.05, 0) is 42.8 Å². The molecule has 1 unspecified atom stereocenters. The van der Waals surface area contributed by atoms with E-state index in [-0.39, 0.29) is 11.9 Å². The zero-order valence-electron chi connectivity index (χ0n) is 14.1. The first-order chi connectivity index (χ1) is 12.0. The maximum atomic E-state index is 10.9. The maximum absolute atomic E-state index is 10.9. The van der Waals surface area contributed by atoms with E-state index < -0.39 is 11.7 Å². The molecule has 0 aromatic heterocycles. The van der Waals surface area contributed by atoms with Gasteiger partial charge in [-0.1, -0.05) is 30.3 Å².